The quantitative estimate of drug-likeness (QED) is 0.733. The molecule has 2 rings (SSSR count). The Labute approximate surface area is 90.1 Å². The summed E-state index contributed by atoms with van der Waals surface area (Å²) < 4.78 is 25.6. The van der Waals surface area contributed by atoms with Crippen LogP contribution in [0.25, 0.3) is 0 Å². The van der Waals surface area contributed by atoms with E-state index in [4.69, 9.17) is 5.26 Å². The second-order valence-corrected chi connectivity index (χ2v) is 3.39. The number of halogens is 2. The van der Waals surface area contributed by atoms with Crippen molar-refractivity contribution in [3.05, 3.63) is 35.4 Å². The summed E-state index contributed by atoms with van der Waals surface area (Å²) in [5.74, 6) is -1.91. The fraction of sp³-hybridized carbons (Fsp3) is 0.200. The van der Waals surface area contributed by atoms with Crippen molar-refractivity contribution in [2.75, 3.05) is 6.54 Å². The summed E-state index contributed by atoms with van der Waals surface area (Å²) in [7, 11) is 0. The molecule has 1 saturated heterocycles. The van der Waals surface area contributed by atoms with Crippen LogP contribution in [0.3, 0.4) is 0 Å². The molecule has 2 amide bonds. The van der Waals surface area contributed by atoms with E-state index >= 15 is 0 Å². The van der Waals surface area contributed by atoms with Gasteiger partial charge in [-0.25, -0.2) is 18.5 Å². The summed E-state index contributed by atoms with van der Waals surface area (Å²) >= 11 is 0. The predicted octanol–water partition coefficient (Wildman–Crippen LogP) is 1.51. The maximum absolute atomic E-state index is 12.9. The van der Waals surface area contributed by atoms with Gasteiger partial charge >= 0.3 is 6.03 Å². The summed E-state index contributed by atoms with van der Waals surface area (Å²) in [6.07, 6.45) is 1.69. The number of amides is 2. The molecule has 1 atom stereocenters. The molecule has 0 saturated carbocycles. The first-order chi connectivity index (χ1) is 7.61. The fourth-order valence-corrected chi connectivity index (χ4v) is 1.54. The minimum absolute atomic E-state index is 0.125. The summed E-state index contributed by atoms with van der Waals surface area (Å²) in [6.45, 7) is 0.125. The second-order valence-electron chi connectivity index (χ2n) is 3.39. The second kappa shape index (κ2) is 3.77. The Morgan fingerprint density at radius 1 is 1.44 bits per heavy atom. The summed E-state index contributed by atoms with van der Waals surface area (Å²) in [5, 5.41) is 11.1. The van der Waals surface area contributed by atoms with Crippen LogP contribution in [0.15, 0.2) is 18.2 Å². The Morgan fingerprint density at radius 2 is 2.19 bits per heavy atom. The maximum Gasteiger partial charge on any atom is 0.331 e. The predicted molar refractivity (Wildman–Crippen MR) is 49.9 cm³/mol. The van der Waals surface area contributed by atoms with E-state index in [2.05, 4.69) is 5.32 Å². The van der Waals surface area contributed by atoms with E-state index in [1.54, 1.807) is 6.19 Å². The average molecular weight is 223 g/mol. The molecule has 1 heterocycles. The van der Waals surface area contributed by atoms with Gasteiger partial charge in [-0.1, -0.05) is 6.07 Å². The highest BCUT2D eigenvalue weighted by atomic mass is 19.2. The van der Waals surface area contributed by atoms with E-state index < -0.39 is 23.7 Å². The van der Waals surface area contributed by atoms with Crippen LogP contribution in [0.4, 0.5) is 13.6 Å². The van der Waals surface area contributed by atoms with Gasteiger partial charge in [-0.05, 0) is 17.7 Å². The molecule has 1 aliphatic rings. The highest BCUT2D eigenvalue weighted by molar-refractivity contribution is 5.78. The Morgan fingerprint density at radius 3 is 2.75 bits per heavy atom. The van der Waals surface area contributed by atoms with E-state index in [0.29, 0.717) is 5.56 Å². The number of hydrogen-bond acceptors (Lipinski definition) is 2. The lowest BCUT2D eigenvalue weighted by molar-refractivity contribution is 0.232. The third-order valence-electron chi connectivity index (χ3n) is 2.37. The summed E-state index contributed by atoms with van der Waals surface area (Å²) in [4.78, 5) is 12.1. The van der Waals surface area contributed by atoms with Gasteiger partial charge in [-0.3, -0.25) is 0 Å². The van der Waals surface area contributed by atoms with Crippen LogP contribution in [0.1, 0.15) is 11.6 Å². The van der Waals surface area contributed by atoms with Crippen molar-refractivity contribution in [2.24, 2.45) is 0 Å². The highest BCUT2D eigenvalue weighted by Gasteiger charge is 2.30. The number of nitrogens with one attached hydrogen (secondary N) is 1. The molecule has 0 spiro atoms. The van der Waals surface area contributed by atoms with Gasteiger partial charge in [0.15, 0.2) is 17.8 Å². The Bertz CT molecular complexity index is 483. The van der Waals surface area contributed by atoms with Crippen LogP contribution < -0.4 is 5.32 Å². The van der Waals surface area contributed by atoms with Gasteiger partial charge in [0.1, 0.15) is 0 Å². The molecule has 1 unspecified atom stereocenters. The van der Waals surface area contributed by atoms with Gasteiger partial charge < -0.3 is 5.32 Å². The molecule has 82 valence electrons. The zero-order valence-corrected chi connectivity index (χ0v) is 8.08. The Balaban J connectivity index is 2.24. The molecule has 0 aromatic heterocycles. The number of rotatable bonds is 1. The van der Waals surface area contributed by atoms with Gasteiger partial charge in [-0.2, -0.15) is 5.26 Å². The Kier molecular flexibility index (Phi) is 2.44. The number of nitrogens with zero attached hydrogens (tertiary/aromatic N) is 2. The average Bonchev–Trinajstić information content (AvgIpc) is 2.64. The van der Waals surface area contributed by atoms with Gasteiger partial charge in [-0.15, -0.1) is 0 Å². The molecule has 0 aliphatic carbocycles. The first kappa shape index (κ1) is 10.4. The molecule has 6 heteroatoms. The number of benzene rings is 1. The molecule has 0 bridgehead atoms. The number of nitriles is 1. The van der Waals surface area contributed by atoms with Crippen LogP contribution >= 0.6 is 0 Å². The molecule has 1 N–H and O–H groups in total. The number of hydrogen-bond donors (Lipinski definition) is 1. The molecular formula is C10H7F2N3O. The summed E-state index contributed by atoms with van der Waals surface area (Å²) in [5.41, 5.74) is 0.435. The minimum atomic E-state index is -0.970. The smallest absolute Gasteiger partial charge is 0.328 e. The lowest BCUT2D eigenvalue weighted by Crippen LogP contribution is -2.23. The van der Waals surface area contributed by atoms with Crippen molar-refractivity contribution in [1.29, 1.82) is 5.26 Å². The van der Waals surface area contributed by atoms with Gasteiger partial charge in [0.05, 0.1) is 12.6 Å². The van der Waals surface area contributed by atoms with E-state index in [0.717, 1.165) is 17.0 Å². The molecule has 1 fully saturated rings. The lowest BCUT2D eigenvalue weighted by Gasteiger charge is -2.08. The van der Waals surface area contributed by atoms with Crippen molar-refractivity contribution in [2.45, 2.75) is 6.04 Å². The first-order valence-electron chi connectivity index (χ1n) is 4.54. The molecule has 16 heavy (non-hydrogen) atoms. The SMILES string of the molecule is N#CN1CC(c2ccc(F)c(F)c2)NC1=O. The van der Waals surface area contributed by atoms with Gasteiger partial charge in [0.25, 0.3) is 0 Å². The molecule has 1 aromatic carbocycles. The van der Waals surface area contributed by atoms with Crippen LogP contribution in [-0.4, -0.2) is 17.5 Å². The topological polar surface area (TPSA) is 56.1 Å². The van der Waals surface area contributed by atoms with Crippen LogP contribution in [0.5, 0.6) is 0 Å². The first-order valence-corrected chi connectivity index (χ1v) is 4.54. The van der Waals surface area contributed by atoms with Gasteiger partial charge in [0.2, 0.25) is 0 Å². The molecule has 1 aromatic rings. The zero-order valence-electron chi connectivity index (χ0n) is 8.08. The number of urea groups is 1. The zero-order chi connectivity index (χ0) is 11.7. The third kappa shape index (κ3) is 1.67. The monoisotopic (exact) mass is 223 g/mol. The Hall–Kier alpha value is -2.16. The van der Waals surface area contributed by atoms with Crippen molar-refractivity contribution in [3.63, 3.8) is 0 Å². The third-order valence-corrected chi connectivity index (χ3v) is 2.37. The van der Waals surface area contributed by atoms with E-state index in [1.807, 2.05) is 0 Å². The molecular weight excluding hydrogens is 216 g/mol. The molecule has 4 nitrogen and oxygen atoms in total. The van der Waals surface area contributed by atoms with E-state index in [-0.39, 0.29) is 6.54 Å². The normalized spacial score (nSPS) is 19.4. The van der Waals surface area contributed by atoms with Crippen molar-refractivity contribution in [3.8, 4) is 6.19 Å². The standard InChI is InChI=1S/C10H7F2N3O/c11-7-2-1-6(3-8(7)12)9-4-15(5-13)10(16)14-9/h1-3,9H,4H2,(H,14,16). The van der Waals surface area contributed by atoms with Crippen molar-refractivity contribution in [1.82, 2.24) is 10.2 Å². The van der Waals surface area contributed by atoms with E-state index in [1.165, 1.54) is 6.07 Å². The largest absolute Gasteiger partial charge is 0.331 e. The van der Waals surface area contributed by atoms with Crippen molar-refractivity contribution < 1.29 is 13.6 Å². The lowest BCUT2D eigenvalue weighted by atomic mass is 10.1. The number of carbonyl (C=O) groups excluding carboxylic acids is 1. The highest BCUT2D eigenvalue weighted by Crippen LogP contribution is 2.21. The maximum atomic E-state index is 12.9. The number of carbonyl (C=O) groups is 1. The summed E-state index contributed by atoms with van der Waals surface area (Å²) in [6, 6.07) is 2.37. The van der Waals surface area contributed by atoms with Crippen LogP contribution in [-0.2, 0) is 0 Å². The van der Waals surface area contributed by atoms with Crippen LogP contribution in [0, 0.1) is 23.1 Å². The van der Waals surface area contributed by atoms with E-state index in [9.17, 15) is 13.6 Å². The minimum Gasteiger partial charge on any atom is -0.328 e. The van der Waals surface area contributed by atoms with Crippen molar-refractivity contribution >= 4 is 6.03 Å². The fourth-order valence-electron chi connectivity index (χ4n) is 1.54. The molecule has 1 aliphatic heterocycles. The van der Waals surface area contributed by atoms with Gasteiger partial charge in [0, 0.05) is 0 Å². The van der Waals surface area contributed by atoms with Crippen LogP contribution in [0.2, 0.25) is 0 Å². The molecule has 0 radical (unpaired) electrons.